The lowest BCUT2D eigenvalue weighted by Crippen LogP contribution is -2.41. The van der Waals surface area contributed by atoms with E-state index in [2.05, 4.69) is 5.32 Å². The summed E-state index contributed by atoms with van der Waals surface area (Å²) in [5.74, 6) is -1.41. The monoisotopic (exact) mass is 485 g/mol. The summed E-state index contributed by atoms with van der Waals surface area (Å²) in [6.07, 6.45) is 1.44. The molecule has 11 nitrogen and oxygen atoms in total. The van der Waals surface area contributed by atoms with Gasteiger partial charge >= 0.3 is 12.0 Å². The molecule has 3 amide bonds. The van der Waals surface area contributed by atoms with Crippen molar-refractivity contribution in [3.05, 3.63) is 52.9 Å². The highest BCUT2D eigenvalue weighted by Crippen LogP contribution is 2.24. The molecular formula is C19H20ClN3O8S. The Balaban J connectivity index is 1.56. The number of rotatable bonds is 7. The van der Waals surface area contributed by atoms with Gasteiger partial charge in [0, 0.05) is 13.1 Å². The molecule has 0 saturated carbocycles. The number of morpholine rings is 1. The summed E-state index contributed by atoms with van der Waals surface area (Å²) in [6, 6.07) is 6.10. The van der Waals surface area contributed by atoms with Crippen LogP contribution >= 0.6 is 11.6 Å². The van der Waals surface area contributed by atoms with Gasteiger partial charge in [0.1, 0.15) is 5.76 Å². The van der Waals surface area contributed by atoms with Crippen LogP contribution in [-0.4, -0.2) is 63.5 Å². The van der Waals surface area contributed by atoms with E-state index in [9.17, 15) is 22.8 Å². The number of sulfonamides is 1. The van der Waals surface area contributed by atoms with E-state index < -0.39 is 34.5 Å². The molecule has 2 aromatic rings. The minimum absolute atomic E-state index is 0.0486. The minimum atomic E-state index is -3.86. The number of halogens is 1. The van der Waals surface area contributed by atoms with Crippen molar-refractivity contribution in [3.63, 3.8) is 0 Å². The Morgan fingerprint density at radius 2 is 1.91 bits per heavy atom. The van der Waals surface area contributed by atoms with Crippen LogP contribution in [0.15, 0.2) is 45.9 Å². The van der Waals surface area contributed by atoms with E-state index in [0.29, 0.717) is 5.76 Å². The molecule has 3 rings (SSSR count). The number of hydrogen-bond donors (Lipinski definition) is 2. The maximum Gasteiger partial charge on any atom is 0.340 e. The fraction of sp³-hybridized carbons (Fsp3) is 0.316. The second-order valence-corrected chi connectivity index (χ2v) is 8.89. The zero-order chi connectivity index (χ0) is 23.1. The van der Waals surface area contributed by atoms with Crippen LogP contribution in [0.5, 0.6) is 0 Å². The number of furan rings is 1. The lowest BCUT2D eigenvalue weighted by atomic mass is 10.2. The molecule has 1 saturated heterocycles. The molecule has 172 valence electrons. The van der Waals surface area contributed by atoms with Crippen molar-refractivity contribution in [2.75, 3.05) is 32.9 Å². The van der Waals surface area contributed by atoms with Crippen molar-refractivity contribution >= 4 is 39.5 Å². The van der Waals surface area contributed by atoms with Crippen molar-refractivity contribution in [2.24, 2.45) is 0 Å². The first kappa shape index (κ1) is 23.7. The molecule has 0 unspecified atom stereocenters. The third kappa shape index (κ3) is 6.07. The fourth-order valence-electron chi connectivity index (χ4n) is 2.75. The van der Waals surface area contributed by atoms with Gasteiger partial charge in [-0.1, -0.05) is 11.6 Å². The predicted molar refractivity (Wildman–Crippen MR) is 110 cm³/mol. The van der Waals surface area contributed by atoms with E-state index in [0.717, 1.165) is 6.07 Å². The molecule has 2 N–H and O–H groups in total. The summed E-state index contributed by atoms with van der Waals surface area (Å²) in [5, 5.41) is 4.33. The second-order valence-electron chi connectivity index (χ2n) is 6.54. The number of nitrogens with zero attached hydrogens (tertiary/aromatic N) is 1. The van der Waals surface area contributed by atoms with Gasteiger partial charge < -0.3 is 19.2 Å². The van der Waals surface area contributed by atoms with E-state index >= 15 is 0 Å². The standard InChI is InChI=1S/C19H20ClN3O8S/c20-16-4-3-14(32(27,28)23-5-8-29-9-6-23)10-15(16)18(25)31-12-17(24)22-19(26)21-11-13-2-1-7-30-13/h1-4,7,10H,5-6,8-9,11-12H2,(H2,21,22,24,26). The molecule has 13 heteroatoms. The van der Waals surface area contributed by atoms with Crippen molar-refractivity contribution in [1.82, 2.24) is 14.9 Å². The average Bonchev–Trinajstić information content (AvgIpc) is 3.30. The molecule has 2 heterocycles. The van der Waals surface area contributed by atoms with Crippen LogP contribution in [0.2, 0.25) is 5.02 Å². The Kier molecular flexibility index (Phi) is 7.85. The molecule has 1 aromatic carbocycles. The van der Waals surface area contributed by atoms with Crippen LogP contribution in [0.3, 0.4) is 0 Å². The van der Waals surface area contributed by atoms with E-state index in [1.165, 1.54) is 22.7 Å². The van der Waals surface area contributed by atoms with Gasteiger partial charge in [0.2, 0.25) is 10.0 Å². The Bertz CT molecular complexity index is 1080. The van der Waals surface area contributed by atoms with Crippen LogP contribution in [0, 0.1) is 0 Å². The van der Waals surface area contributed by atoms with Gasteiger partial charge in [-0.15, -0.1) is 0 Å². The van der Waals surface area contributed by atoms with Gasteiger partial charge in [0.05, 0.1) is 41.5 Å². The first-order valence-electron chi connectivity index (χ1n) is 9.42. The van der Waals surface area contributed by atoms with Gasteiger partial charge in [0.15, 0.2) is 6.61 Å². The van der Waals surface area contributed by atoms with Crippen molar-refractivity contribution in [3.8, 4) is 0 Å². The van der Waals surface area contributed by atoms with Gasteiger partial charge in [-0.25, -0.2) is 18.0 Å². The van der Waals surface area contributed by atoms with Crippen molar-refractivity contribution in [1.29, 1.82) is 0 Å². The number of hydrogen-bond acceptors (Lipinski definition) is 8. The maximum atomic E-state index is 12.8. The van der Waals surface area contributed by atoms with Gasteiger partial charge in [-0.05, 0) is 30.3 Å². The molecular weight excluding hydrogens is 466 g/mol. The van der Waals surface area contributed by atoms with Gasteiger partial charge in [0.25, 0.3) is 5.91 Å². The third-order valence-electron chi connectivity index (χ3n) is 4.36. The normalized spacial score (nSPS) is 14.5. The van der Waals surface area contributed by atoms with Crippen molar-refractivity contribution < 1.29 is 36.7 Å². The molecule has 1 aromatic heterocycles. The molecule has 1 aliphatic heterocycles. The number of amides is 3. The molecule has 0 radical (unpaired) electrons. The maximum absolute atomic E-state index is 12.8. The lowest BCUT2D eigenvalue weighted by molar-refractivity contribution is -0.123. The van der Waals surface area contributed by atoms with Crippen LogP contribution in [0.4, 0.5) is 4.79 Å². The van der Waals surface area contributed by atoms with Crippen LogP contribution in [0.1, 0.15) is 16.1 Å². The molecule has 0 aliphatic carbocycles. The molecule has 0 spiro atoms. The lowest BCUT2D eigenvalue weighted by Gasteiger charge is -2.26. The van der Waals surface area contributed by atoms with Crippen molar-refractivity contribution in [2.45, 2.75) is 11.4 Å². The zero-order valence-electron chi connectivity index (χ0n) is 16.7. The summed E-state index contributed by atoms with van der Waals surface area (Å²) in [6.45, 7) is 0.202. The van der Waals surface area contributed by atoms with E-state index in [1.807, 2.05) is 5.32 Å². The summed E-state index contributed by atoms with van der Waals surface area (Å²) in [5.41, 5.74) is -0.226. The minimum Gasteiger partial charge on any atom is -0.467 e. The molecule has 32 heavy (non-hydrogen) atoms. The van der Waals surface area contributed by atoms with Gasteiger partial charge in [-0.2, -0.15) is 4.31 Å². The highest BCUT2D eigenvalue weighted by atomic mass is 35.5. The molecule has 1 fully saturated rings. The SMILES string of the molecule is O=C(COC(=O)c1cc(S(=O)(=O)N2CCOCC2)ccc1Cl)NC(=O)NCc1ccco1. The number of carbonyl (C=O) groups excluding carboxylic acids is 3. The third-order valence-corrected chi connectivity index (χ3v) is 6.58. The fourth-order valence-corrected chi connectivity index (χ4v) is 4.38. The predicted octanol–water partition coefficient (Wildman–Crippen LogP) is 1.14. The summed E-state index contributed by atoms with van der Waals surface area (Å²) in [4.78, 5) is 35.8. The molecule has 1 aliphatic rings. The Morgan fingerprint density at radius 1 is 1.16 bits per heavy atom. The number of esters is 1. The topological polar surface area (TPSA) is 144 Å². The van der Waals surface area contributed by atoms with E-state index in [-0.39, 0.29) is 48.3 Å². The van der Waals surface area contributed by atoms with Gasteiger partial charge in [-0.3, -0.25) is 10.1 Å². The number of benzene rings is 1. The number of nitrogens with one attached hydrogen (secondary N) is 2. The Hall–Kier alpha value is -2.93. The Morgan fingerprint density at radius 3 is 2.59 bits per heavy atom. The number of imide groups is 1. The van der Waals surface area contributed by atoms with Crippen LogP contribution in [0.25, 0.3) is 0 Å². The summed E-state index contributed by atoms with van der Waals surface area (Å²) < 4.78 is 41.8. The molecule has 0 atom stereocenters. The second kappa shape index (κ2) is 10.6. The Labute approximate surface area is 188 Å². The highest BCUT2D eigenvalue weighted by molar-refractivity contribution is 7.89. The first-order valence-corrected chi connectivity index (χ1v) is 11.2. The molecule has 0 bridgehead atoms. The average molecular weight is 486 g/mol. The smallest absolute Gasteiger partial charge is 0.340 e. The summed E-state index contributed by atoms with van der Waals surface area (Å²) >= 11 is 6.01. The van der Waals surface area contributed by atoms with Crippen LogP contribution < -0.4 is 10.6 Å². The van der Waals surface area contributed by atoms with Crippen LogP contribution in [-0.2, 0) is 30.8 Å². The largest absolute Gasteiger partial charge is 0.467 e. The number of ether oxygens (including phenoxy) is 2. The zero-order valence-corrected chi connectivity index (χ0v) is 18.3. The number of carbonyl (C=O) groups is 3. The quantitative estimate of drug-likeness (QED) is 0.555. The summed E-state index contributed by atoms with van der Waals surface area (Å²) in [7, 11) is -3.86. The van der Waals surface area contributed by atoms with E-state index in [4.69, 9.17) is 25.5 Å². The first-order chi connectivity index (χ1) is 15.3. The highest BCUT2D eigenvalue weighted by Gasteiger charge is 2.28. The number of urea groups is 1. The van der Waals surface area contributed by atoms with E-state index in [1.54, 1.807) is 12.1 Å².